The van der Waals surface area contributed by atoms with Crippen LogP contribution in [0.5, 0.6) is 0 Å². The second-order valence-electron chi connectivity index (χ2n) is 14.0. The third-order valence-electron chi connectivity index (χ3n) is 10.6. The van der Waals surface area contributed by atoms with Crippen molar-refractivity contribution < 1.29 is 28.8 Å². The first-order valence-corrected chi connectivity index (χ1v) is 22.2. The Kier molecular flexibility index (Phi) is 13.4. The summed E-state index contributed by atoms with van der Waals surface area (Å²) in [6.07, 6.45) is 8.24. The Bertz CT molecular complexity index is 1660. The molecule has 6 atom stereocenters. The Labute approximate surface area is 323 Å². The largest absolute Gasteiger partial charge is 0.345 e. The van der Waals surface area contributed by atoms with Crippen molar-refractivity contribution in [3.8, 4) is 0 Å². The van der Waals surface area contributed by atoms with Crippen molar-refractivity contribution in [1.29, 1.82) is 0 Å². The minimum atomic E-state index is -0.870. The maximum absolute atomic E-state index is 14.2. The number of rotatable bonds is 8. The first-order valence-electron chi connectivity index (χ1n) is 18.5. The summed E-state index contributed by atoms with van der Waals surface area (Å²) in [7, 11) is 0. The van der Waals surface area contributed by atoms with E-state index in [2.05, 4.69) is 16.0 Å². The smallest absolute Gasteiger partial charge is 0.274 e. The van der Waals surface area contributed by atoms with E-state index in [0.717, 1.165) is 5.56 Å². The first-order chi connectivity index (χ1) is 25.7. The second-order valence-corrected chi connectivity index (χ2v) is 16.9. The van der Waals surface area contributed by atoms with Gasteiger partial charge in [-0.1, -0.05) is 30.3 Å². The number of amides is 6. The van der Waals surface area contributed by atoms with Gasteiger partial charge in [0.2, 0.25) is 29.5 Å². The highest BCUT2D eigenvalue weighted by Gasteiger charge is 2.45. The standard InChI is InChI=1S/C37H49N7O6S3/c1-51-19-14-24-31(45)40-26(21-23-9-4-3-5-10-23)34-41-27(22-53-34)36(49)42-16-6-11-28(42)33(47)39-25(15-20-52-2)35(48)44-18-8-13-30(44)37(50)43-17-7-12-29(43)32(46)38-24/h3-5,9-10,22,24-26,28-30H,6-8,11-21H2,1-2H3,(H,38,46)(H,39,47)(H,40,45)/t24-,25-,26?,28-,29-,30-/m0/s1. The van der Waals surface area contributed by atoms with Crippen LogP contribution in [0.4, 0.5) is 0 Å². The average Bonchev–Trinajstić information content (AvgIpc) is 4.00. The first kappa shape index (κ1) is 39.1. The highest BCUT2D eigenvalue weighted by Crippen LogP contribution is 2.29. The van der Waals surface area contributed by atoms with E-state index in [1.165, 1.54) is 16.2 Å². The van der Waals surface area contributed by atoms with Crippen molar-refractivity contribution in [2.75, 3.05) is 43.7 Å². The third kappa shape index (κ3) is 9.02. The van der Waals surface area contributed by atoms with Gasteiger partial charge in [0.15, 0.2) is 0 Å². The van der Waals surface area contributed by atoms with E-state index in [0.29, 0.717) is 93.9 Å². The van der Waals surface area contributed by atoms with Crippen molar-refractivity contribution in [3.63, 3.8) is 0 Å². The number of fused-ring (bicyclic) bond motifs is 5. The van der Waals surface area contributed by atoms with Gasteiger partial charge in [-0.3, -0.25) is 28.8 Å². The molecule has 0 radical (unpaired) electrons. The Morgan fingerprint density at radius 3 is 1.89 bits per heavy atom. The molecule has 1 unspecified atom stereocenters. The highest BCUT2D eigenvalue weighted by atomic mass is 32.2. The third-order valence-corrected chi connectivity index (χ3v) is 12.8. The number of carbonyl (C=O) groups excluding carboxylic acids is 6. The van der Waals surface area contributed by atoms with Crippen LogP contribution in [0.25, 0.3) is 0 Å². The maximum atomic E-state index is 14.2. The summed E-state index contributed by atoms with van der Waals surface area (Å²) in [4.78, 5) is 93.8. The molecule has 2 aromatic rings. The maximum Gasteiger partial charge on any atom is 0.274 e. The minimum Gasteiger partial charge on any atom is -0.345 e. The molecule has 286 valence electrons. The molecule has 4 aliphatic rings. The molecule has 6 rings (SSSR count). The van der Waals surface area contributed by atoms with Crippen LogP contribution >= 0.6 is 34.9 Å². The number of thiazole rings is 1. The van der Waals surface area contributed by atoms with Gasteiger partial charge in [0, 0.05) is 25.0 Å². The van der Waals surface area contributed by atoms with Crippen molar-refractivity contribution in [2.45, 2.75) is 94.0 Å². The van der Waals surface area contributed by atoms with E-state index in [-0.39, 0.29) is 29.3 Å². The number of thioether (sulfide) groups is 2. The quantitative estimate of drug-likeness (QED) is 0.366. The molecule has 6 amide bonds. The highest BCUT2D eigenvalue weighted by molar-refractivity contribution is 7.98. The molecule has 0 saturated carbocycles. The van der Waals surface area contributed by atoms with E-state index in [1.807, 2.05) is 42.8 Å². The van der Waals surface area contributed by atoms with Crippen LogP contribution < -0.4 is 16.0 Å². The number of nitrogens with one attached hydrogen (secondary N) is 3. The molecule has 3 saturated heterocycles. The number of hydrogen-bond donors (Lipinski definition) is 3. The van der Waals surface area contributed by atoms with E-state index < -0.39 is 48.1 Å². The van der Waals surface area contributed by atoms with Crippen LogP contribution in [-0.4, -0.2) is 129 Å². The lowest BCUT2D eigenvalue weighted by atomic mass is 10.1. The van der Waals surface area contributed by atoms with Crippen molar-refractivity contribution >= 4 is 70.3 Å². The Morgan fingerprint density at radius 1 is 0.679 bits per heavy atom. The molecule has 0 aliphatic carbocycles. The summed E-state index contributed by atoms with van der Waals surface area (Å²) in [5.74, 6) is -0.942. The van der Waals surface area contributed by atoms with Gasteiger partial charge in [0.05, 0.1) is 6.04 Å². The van der Waals surface area contributed by atoms with Gasteiger partial charge >= 0.3 is 0 Å². The molecule has 53 heavy (non-hydrogen) atoms. The van der Waals surface area contributed by atoms with E-state index >= 15 is 0 Å². The molecule has 1 aromatic carbocycles. The molecule has 5 heterocycles. The van der Waals surface area contributed by atoms with Gasteiger partial charge in [-0.2, -0.15) is 23.5 Å². The number of carbonyl (C=O) groups is 6. The summed E-state index contributed by atoms with van der Waals surface area (Å²) in [5.41, 5.74) is 1.14. The summed E-state index contributed by atoms with van der Waals surface area (Å²) < 4.78 is 0. The van der Waals surface area contributed by atoms with Gasteiger partial charge in [0.1, 0.15) is 40.9 Å². The Hall–Kier alpha value is -3.63. The lowest BCUT2D eigenvalue weighted by Crippen LogP contribution is -2.58. The van der Waals surface area contributed by atoms with Crippen LogP contribution in [-0.2, 0) is 30.4 Å². The SMILES string of the molecule is CSCC[C@@H]1NC(=O)[C@@H]2CCCN2C(=O)[C@@H]2CCCN2C(=O)[C@H](CCSC)NC(=O)[C@@H]2CCCN2C(=O)c2csc(n2)C(Cc2ccccc2)NC1=O. The fourth-order valence-corrected chi connectivity index (χ4v) is 9.60. The zero-order valence-corrected chi connectivity index (χ0v) is 32.7. The van der Waals surface area contributed by atoms with Gasteiger partial charge in [-0.25, -0.2) is 4.98 Å². The number of benzene rings is 1. The average molecular weight is 784 g/mol. The molecule has 0 spiro atoms. The van der Waals surface area contributed by atoms with E-state index in [4.69, 9.17) is 4.98 Å². The fraction of sp³-hybridized carbons (Fsp3) is 0.595. The summed E-state index contributed by atoms with van der Waals surface area (Å²) >= 11 is 4.38. The molecule has 3 fully saturated rings. The summed E-state index contributed by atoms with van der Waals surface area (Å²) in [6, 6.07) is 5.03. The second kappa shape index (κ2) is 18.1. The fourth-order valence-electron chi connectivity index (χ4n) is 7.81. The Balaban J connectivity index is 1.36. The molecular weight excluding hydrogens is 735 g/mol. The van der Waals surface area contributed by atoms with Crippen molar-refractivity contribution in [3.05, 3.63) is 52.0 Å². The normalized spacial score (nSPS) is 27.5. The molecule has 3 N–H and O–H groups in total. The van der Waals surface area contributed by atoms with Crippen LogP contribution in [0.1, 0.15) is 78.5 Å². The zero-order valence-electron chi connectivity index (χ0n) is 30.3. The molecular formula is C37H49N7O6S3. The van der Waals surface area contributed by atoms with E-state index in [1.54, 1.807) is 38.7 Å². The summed E-state index contributed by atoms with van der Waals surface area (Å²) in [6.45, 7) is 1.11. The predicted octanol–water partition coefficient (Wildman–Crippen LogP) is 2.62. The molecule has 2 bridgehead atoms. The van der Waals surface area contributed by atoms with Gasteiger partial charge in [-0.05, 0) is 87.4 Å². The zero-order chi connectivity index (χ0) is 37.5. The predicted molar refractivity (Wildman–Crippen MR) is 207 cm³/mol. The lowest BCUT2D eigenvalue weighted by molar-refractivity contribution is -0.148. The van der Waals surface area contributed by atoms with Gasteiger partial charge in [-0.15, -0.1) is 11.3 Å². The van der Waals surface area contributed by atoms with Crippen LogP contribution in [0, 0.1) is 0 Å². The molecule has 1 aromatic heterocycles. The number of nitrogens with zero attached hydrogens (tertiary/aromatic N) is 4. The van der Waals surface area contributed by atoms with Crippen LogP contribution in [0.2, 0.25) is 0 Å². The topological polar surface area (TPSA) is 161 Å². The van der Waals surface area contributed by atoms with Gasteiger partial charge in [0.25, 0.3) is 5.91 Å². The molecule has 4 aliphatic heterocycles. The van der Waals surface area contributed by atoms with Gasteiger partial charge < -0.3 is 30.7 Å². The Morgan fingerprint density at radius 2 is 1.23 bits per heavy atom. The monoisotopic (exact) mass is 783 g/mol. The number of hydrogen-bond acceptors (Lipinski definition) is 10. The molecule has 16 heteroatoms. The minimum absolute atomic E-state index is 0.185. The molecule has 13 nitrogen and oxygen atoms in total. The van der Waals surface area contributed by atoms with E-state index in [9.17, 15) is 28.8 Å². The number of aromatic nitrogens is 1. The lowest BCUT2D eigenvalue weighted by Gasteiger charge is -2.34. The summed E-state index contributed by atoms with van der Waals surface area (Å²) in [5, 5.41) is 11.3. The van der Waals surface area contributed by atoms with Crippen LogP contribution in [0.15, 0.2) is 35.7 Å². The van der Waals surface area contributed by atoms with Crippen molar-refractivity contribution in [1.82, 2.24) is 35.6 Å². The van der Waals surface area contributed by atoms with Crippen LogP contribution in [0.3, 0.4) is 0 Å². The van der Waals surface area contributed by atoms with Crippen molar-refractivity contribution in [2.24, 2.45) is 0 Å².